The number of nitrogens with zero attached hydrogens (tertiary/aromatic N) is 3. The van der Waals surface area contributed by atoms with Crippen molar-refractivity contribution in [2.75, 3.05) is 45.9 Å². The number of rotatable bonds is 11. The van der Waals surface area contributed by atoms with Gasteiger partial charge in [0, 0.05) is 30.6 Å². The second-order valence-corrected chi connectivity index (χ2v) is 14.0. The Morgan fingerprint density at radius 1 is 1.19 bits per heavy atom. The molecule has 13 nitrogen and oxygen atoms in total. The molecule has 1 aliphatic heterocycles. The molecular weight excluding hydrogens is 568 g/mol. The Kier molecular flexibility index (Phi) is 11.0. The van der Waals surface area contributed by atoms with Crippen molar-refractivity contribution in [3.63, 3.8) is 0 Å². The van der Waals surface area contributed by atoms with Gasteiger partial charge in [0.25, 0.3) is 5.91 Å². The molecule has 1 saturated carbocycles. The van der Waals surface area contributed by atoms with Crippen molar-refractivity contribution < 1.29 is 41.7 Å². The fourth-order valence-corrected chi connectivity index (χ4v) is 5.70. The van der Waals surface area contributed by atoms with Crippen molar-refractivity contribution in [1.82, 2.24) is 20.1 Å². The molecule has 236 valence electrons. The Hall–Kier alpha value is -3.13. The van der Waals surface area contributed by atoms with Crippen molar-refractivity contribution >= 4 is 27.9 Å². The molecule has 1 N–H and O–H groups in total. The molecule has 3 rings (SSSR count). The summed E-state index contributed by atoms with van der Waals surface area (Å²) < 4.78 is 45.8. The number of sulfone groups is 1. The average molecular weight is 613 g/mol. The molecule has 3 amide bonds. The molecule has 0 radical (unpaired) electrons. The smallest absolute Gasteiger partial charge is 0.410 e. The number of nitrogens with one attached hydrogen (secondary N) is 1. The molecule has 0 aromatic carbocycles. The van der Waals surface area contributed by atoms with E-state index < -0.39 is 39.8 Å². The lowest BCUT2D eigenvalue weighted by Gasteiger charge is -2.40. The summed E-state index contributed by atoms with van der Waals surface area (Å²) in [6.45, 7) is 7.49. The number of aryl methyl sites for hydroxylation is 1. The first-order valence-electron chi connectivity index (χ1n) is 14.1. The number of hydrogen-bond acceptors (Lipinski definition) is 10. The van der Waals surface area contributed by atoms with Gasteiger partial charge in [-0.3, -0.25) is 4.79 Å². The van der Waals surface area contributed by atoms with Gasteiger partial charge in [-0.05, 0) is 65.0 Å². The molecule has 1 aromatic rings. The molecule has 1 aliphatic carbocycles. The van der Waals surface area contributed by atoms with Crippen LogP contribution in [0, 0.1) is 0 Å². The van der Waals surface area contributed by atoms with E-state index in [1.54, 1.807) is 31.7 Å². The van der Waals surface area contributed by atoms with Crippen LogP contribution in [0.5, 0.6) is 5.88 Å². The van der Waals surface area contributed by atoms with Crippen LogP contribution < -0.4 is 10.1 Å². The van der Waals surface area contributed by atoms with Gasteiger partial charge in [0.2, 0.25) is 5.88 Å². The van der Waals surface area contributed by atoms with Crippen LogP contribution in [-0.2, 0) is 35.3 Å². The Morgan fingerprint density at radius 3 is 2.45 bits per heavy atom. The van der Waals surface area contributed by atoms with E-state index in [9.17, 15) is 22.8 Å². The third-order valence-electron chi connectivity index (χ3n) is 6.83. The number of pyridine rings is 1. The minimum Gasteiger partial charge on any atom is -0.481 e. The van der Waals surface area contributed by atoms with E-state index in [0.29, 0.717) is 25.3 Å². The van der Waals surface area contributed by atoms with Crippen LogP contribution in [-0.4, -0.2) is 111 Å². The lowest BCUT2D eigenvalue weighted by Crippen LogP contribution is -2.58. The van der Waals surface area contributed by atoms with Crippen LogP contribution in [0.25, 0.3) is 0 Å². The minimum absolute atomic E-state index is 0.000490. The minimum atomic E-state index is -3.45. The number of alkyl carbamates (subject to hydrolysis) is 1. The number of hydrogen-bond donors (Lipinski definition) is 1. The van der Waals surface area contributed by atoms with Crippen LogP contribution in [0.3, 0.4) is 0 Å². The van der Waals surface area contributed by atoms with Crippen molar-refractivity contribution in [1.29, 1.82) is 0 Å². The molecule has 1 saturated heterocycles. The Labute approximate surface area is 248 Å². The maximum absolute atomic E-state index is 14.1. The summed E-state index contributed by atoms with van der Waals surface area (Å²) in [5.74, 6) is -0.252. The number of carbonyl (C=O) groups is 3. The highest BCUT2D eigenvalue weighted by atomic mass is 32.2. The van der Waals surface area contributed by atoms with Gasteiger partial charge >= 0.3 is 12.2 Å². The standard InChI is InChI=1S/C28H44N4O9S/c1-18(19-13-20(30-24(14-19)38-5)9-8-12-29-26(34)39-6)32(21-10-11-21)25(33)23-16-31(27(35)41-28(2,3)4)15-22(40-23)17-42(7,36)37/h13-14,18,21-23H,8-12,15-17H2,1-7H3,(H,29,34)/t18-,22+,23-/m1/s1. The topological polar surface area (TPSA) is 154 Å². The SMILES string of the molecule is COC(=O)NCCCc1cc([C@@H](C)N(C(=O)[C@H]2CN(C(=O)OC(C)(C)C)C[C@@H](CS(C)(=O)=O)O2)C2CC2)cc(OC)n1. The highest BCUT2D eigenvalue weighted by Crippen LogP contribution is 2.37. The summed E-state index contributed by atoms with van der Waals surface area (Å²) in [6.07, 6.45) is 0.839. The molecule has 2 fully saturated rings. The van der Waals surface area contributed by atoms with Crippen LogP contribution >= 0.6 is 0 Å². The van der Waals surface area contributed by atoms with E-state index in [0.717, 1.165) is 30.4 Å². The highest BCUT2D eigenvalue weighted by molar-refractivity contribution is 7.90. The third kappa shape index (κ3) is 10.0. The quantitative estimate of drug-likeness (QED) is 0.369. The molecular formula is C28H44N4O9S. The molecule has 0 bridgehead atoms. The van der Waals surface area contributed by atoms with E-state index in [1.807, 2.05) is 13.0 Å². The van der Waals surface area contributed by atoms with Crippen molar-refractivity contribution in [3.05, 3.63) is 23.4 Å². The molecule has 2 aliphatic rings. The maximum Gasteiger partial charge on any atom is 0.410 e. The fourth-order valence-electron chi connectivity index (χ4n) is 4.84. The van der Waals surface area contributed by atoms with E-state index in [2.05, 4.69) is 15.0 Å². The number of carbonyl (C=O) groups excluding carboxylic acids is 3. The van der Waals surface area contributed by atoms with Gasteiger partial charge in [0.15, 0.2) is 6.10 Å². The summed E-state index contributed by atoms with van der Waals surface area (Å²) >= 11 is 0. The predicted octanol–water partition coefficient (Wildman–Crippen LogP) is 2.48. The maximum atomic E-state index is 14.1. The fraction of sp³-hybridized carbons (Fsp3) is 0.714. The van der Waals surface area contributed by atoms with E-state index >= 15 is 0 Å². The number of morpholine rings is 1. The summed E-state index contributed by atoms with van der Waals surface area (Å²) in [6, 6.07) is 3.29. The Morgan fingerprint density at radius 2 is 1.88 bits per heavy atom. The number of methoxy groups -OCH3 is 2. The van der Waals surface area contributed by atoms with Crippen molar-refractivity contribution in [2.24, 2.45) is 0 Å². The lowest BCUT2D eigenvalue weighted by molar-refractivity contribution is -0.157. The molecule has 14 heteroatoms. The molecule has 0 spiro atoms. The van der Waals surface area contributed by atoms with Gasteiger partial charge < -0.3 is 34.1 Å². The number of amides is 3. The summed E-state index contributed by atoms with van der Waals surface area (Å²) in [4.78, 5) is 46.0. The van der Waals surface area contributed by atoms with Gasteiger partial charge in [-0.25, -0.2) is 23.0 Å². The van der Waals surface area contributed by atoms with E-state index in [4.69, 9.17) is 14.2 Å². The molecule has 3 atom stereocenters. The first-order valence-corrected chi connectivity index (χ1v) is 16.2. The molecule has 2 heterocycles. The van der Waals surface area contributed by atoms with Gasteiger partial charge in [-0.15, -0.1) is 0 Å². The summed E-state index contributed by atoms with van der Waals surface area (Å²) in [5.41, 5.74) is 0.790. The largest absolute Gasteiger partial charge is 0.481 e. The zero-order valence-electron chi connectivity index (χ0n) is 25.5. The second kappa shape index (κ2) is 13.9. The zero-order chi connectivity index (χ0) is 31.2. The van der Waals surface area contributed by atoms with Gasteiger partial charge in [-0.1, -0.05) is 0 Å². The number of ether oxygens (including phenoxy) is 4. The van der Waals surface area contributed by atoms with Crippen LogP contribution in [0.2, 0.25) is 0 Å². The van der Waals surface area contributed by atoms with Crippen LogP contribution in [0.4, 0.5) is 9.59 Å². The molecule has 42 heavy (non-hydrogen) atoms. The van der Waals surface area contributed by atoms with E-state index in [-0.39, 0.29) is 36.8 Å². The highest BCUT2D eigenvalue weighted by Gasteiger charge is 2.44. The lowest BCUT2D eigenvalue weighted by atomic mass is 10.0. The first-order chi connectivity index (χ1) is 19.6. The summed E-state index contributed by atoms with van der Waals surface area (Å²) in [5, 5.41) is 2.64. The van der Waals surface area contributed by atoms with Crippen LogP contribution in [0.15, 0.2) is 12.1 Å². The molecule has 1 aromatic heterocycles. The normalized spacial score (nSPS) is 19.9. The van der Waals surface area contributed by atoms with Crippen LogP contribution in [0.1, 0.15) is 64.3 Å². The second-order valence-electron chi connectivity index (χ2n) is 11.8. The van der Waals surface area contributed by atoms with E-state index in [1.165, 1.54) is 19.1 Å². The van der Waals surface area contributed by atoms with Gasteiger partial charge in [-0.2, -0.15) is 0 Å². The predicted molar refractivity (Wildman–Crippen MR) is 154 cm³/mol. The van der Waals surface area contributed by atoms with Crippen molar-refractivity contribution in [3.8, 4) is 5.88 Å². The Bertz CT molecular complexity index is 1230. The number of aromatic nitrogens is 1. The third-order valence-corrected chi connectivity index (χ3v) is 7.81. The Balaban J connectivity index is 1.83. The average Bonchev–Trinajstić information content (AvgIpc) is 3.73. The van der Waals surface area contributed by atoms with Gasteiger partial charge in [0.05, 0.1) is 45.2 Å². The monoisotopic (exact) mass is 612 g/mol. The zero-order valence-corrected chi connectivity index (χ0v) is 26.4. The van der Waals surface area contributed by atoms with Gasteiger partial charge in [0.1, 0.15) is 15.4 Å². The first kappa shape index (κ1) is 33.4. The van der Waals surface area contributed by atoms with Crippen molar-refractivity contribution in [2.45, 2.75) is 83.3 Å². The molecule has 0 unspecified atom stereocenters. The summed E-state index contributed by atoms with van der Waals surface area (Å²) in [7, 11) is -0.624.